The van der Waals surface area contributed by atoms with Crippen LogP contribution < -0.4 is 10.6 Å². The molecule has 1 fully saturated rings. The molecular weight excluding hydrogens is 391 g/mol. The van der Waals surface area contributed by atoms with Gasteiger partial charge in [-0.05, 0) is 56.3 Å². The maximum Gasteiger partial charge on any atom is 0.416 e. The van der Waals surface area contributed by atoms with E-state index >= 15 is 0 Å². The number of carbonyl (C=O) groups is 1. The van der Waals surface area contributed by atoms with Gasteiger partial charge in [-0.2, -0.15) is 13.2 Å². The number of carbonyl (C=O) groups excluding carboxylic acids is 1. The van der Waals surface area contributed by atoms with Crippen LogP contribution in [0, 0.1) is 5.92 Å². The largest absolute Gasteiger partial charge is 0.416 e. The second-order valence-electron chi connectivity index (χ2n) is 6.71. The van der Waals surface area contributed by atoms with Crippen LogP contribution in [0.1, 0.15) is 22.3 Å². The third-order valence-corrected chi connectivity index (χ3v) is 4.69. The average molecular weight is 414 g/mol. The summed E-state index contributed by atoms with van der Waals surface area (Å²) in [6, 6.07) is 11.9. The molecule has 0 aliphatic carbocycles. The van der Waals surface area contributed by atoms with E-state index in [1.165, 1.54) is 6.07 Å². The van der Waals surface area contributed by atoms with Gasteiger partial charge in [0.05, 0.1) is 16.8 Å². The quantitative estimate of drug-likeness (QED) is 0.755. The summed E-state index contributed by atoms with van der Waals surface area (Å²) in [6.45, 7) is 2.22. The van der Waals surface area contributed by atoms with Crippen LogP contribution >= 0.6 is 12.4 Å². The fraction of sp³-hybridized carbons (Fsp3) is 0.350. The number of hydrogen-bond acceptors (Lipinski definition) is 3. The number of anilines is 2. The van der Waals surface area contributed by atoms with Crippen molar-refractivity contribution in [2.75, 3.05) is 32.0 Å². The summed E-state index contributed by atoms with van der Waals surface area (Å²) in [6.07, 6.45) is -3.47. The Morgan fingerprint density at radius 3 is 2.64 bits per heavy atom. The molecule has 0 bridgehead atoms. The van der Waals surface area contributed by atoms with Crippen LogP contribution in [0.15, 0.2) is 48.5 Å². The van der Waals surface area contributed by atoms with Gasteiger partial charge in [-0.3, -0.25) is 4.79 Å². The van der Waals surface area contributed by atoms with Gasteiger partial charge >= 0.3 is 6.18 Å². The number of likely N-dealkylation sites (tertiary alicyclic amines) is 1. The summed E-state index contributed by atoms with van der Waals surface area (Å²) < 4.78 is 38.8. The van der Waals surface area contributed by atoms with Crippen LogP contribution in [0.4, 0.5) is 24.5 Å². The Morgan fingerprint density at radius 1 is 1.18 bits per heavy atom. The predicted octanol–water partition coefficient (Wildman–Crippen LogP) is 4.55. The zero-order valence-electron chi connectivity index (χ0n) is 15.4. The van der Waals surface area contributed by atoms with Crippen molar-refractivity contribution < 1.29 is 18.0 Å². The summed E-state index contributed by atoms with van der Waals surface area (Å²) in [5.74, 6) is 0.311. The van der Waals surface area contributed by atoms with Crippen LogP contribution in [-0.2, 0) is 6.18 Å². The van der Waals surface area contributed by atoms with Crippen LogP contribution in [0.2, 0.25) is 0 Å². The molecule has 8 heteroatoms. The van der Waals surface area contributed by atoms with E-state index in [2.05, 4.69) is 10.6 Å². The lowest BCUT2D eigenvalue weighted by Crippen LogP contribution is -2.30. The summed E-state index contributed by atoms with van der Waals surface area (Å²) in [7, 11) is 1.89. The maximum absolute atomic E-state index is 12.9. The van der Waals surface area contributed by atoms with Gasteiger partial charge < -0.3 is 15.5 Å². The highest BCUT2D eigenvalue weighted by atomic mass is 35.5. The van der Waals surface area contributed by atoms with E-state index in [-0.39, 0.29) is 18.3 Å². The Morgan fingerprint density at radius 2 is 1.93 bits per heavy atom. The highest BCUT2D eigenvalue weighted by Crippen LogP contribution is 2.32. The average Bonchev–Trinajstić information content (AvgIpc) is 3.10. The second kappa shape index (κ2) is 9.30. The molecule has 1 heterocycles. The molecule has 1 aliphatic rings. The van der Waals surface area contributed by atoms with Crippen molar-refractivity contribution in [3.63, 3.8) is 0 Å². The van der Waals surface area contributed by atoms with E-state index in [9.17, 15) is 18.0 Å². The summed E-state index contributed by atoms with van der Waals surface area (Å²) in [4.78, 5) is 14.7. The lowest BCUT2D eigenvalue weighted by Gasteiger charge is -2.19. The number of alkyl halides is 3. The Kier molecular flexibility index (Phi) is 7.32. The molecule has 0 radical (unpaired) electrons. The zero-order chi connectivity index (χ0) is 19.4. The number of amides is 1. The first-order chi connectivity index (χ1) is 12.9. The Bertz CT molecular complexity index is 813. The number of hydrogen-bond donors (Lipinski definition) is 2. The number of nitrogens with zero attached hydrogens (tertiary/aromatic N) is 1. The molecular formula is C20H23ClF3N3O. The van der Waals surface area contributed by atoms with Crippen molar-refractivity contribution in [3.8, 4) is 0 Å². The number of benzene rings is 2. The van der Waals surface area contributed by atoms with Gasteiger partial charge in [-0.1, -0.05) is 18.2 Å². The topological polar surface area (TPSA) is 44.4 Å². The molecule has 1 aliphatic heterocycles. The minimum Gasteiger partial charge on any atom is -0.355 e. The van der Waals surface area contributed by atoms with E-state index < -0.39 is 11.7 Å². The molecule has 1 unspecified atom stereocenters. The molecule has 2 N–H and O–H groups in total. The lowest BCUT2D eigenvalue weighted by molar-refractivity contribution is -0.137. The fourth-order valence-corrected chi connectivity index (χ4v) is 3.35. The molecule has 28 heavy (non-hydrogen) atoms. The third-order valence-electron chi connectivity index (χ3n) is 4.69. The highest BCUT2D eigenvalue weighted by molar-refractivity contribution is 6.00. The van der Waals surface area contributed by atoms with Crippen molar-refractivity contribution in [3.05, 3.63) is 59.7 Å². The van der Waals surface area contributed by atoms with Gasteiger partial charge in [-0.15, -0.1) is 12.4 Å². The lowest BCUT2D eigenvalue weighted by atomic mass is 10.1. The van der Waals surface area contributed by atoms with E-state index in [1.54, 1.807) is 35.2 Å². The molecule has 4 nitrogen and oxygen atoms in total. The van der Waals surface area contributed by atoms with Crippen molar-refractivity contribution in [2.45, 2.75) is 12.6 Å². The van der Waals surface area contributed by atoms with E-state index in [0.717, 1.165) is 25.1 Å². The highest BCUT2D eigenvalue weighted by Gasteiger charge is 2.31. The maximum atomic E-state index is 12.9. The van der Waals surface area contributed by atoms with Gasteiger partial charge in [0, 0.05) is 18.8 Å². The zero-order valence-corrected chi connectivity index (χ0v) is 16.2. The monoisotopic (exact) mass is 413 g/mol. The first kappa shape index (κ1) is 22.0. The molecule has 0 saturated carbocycles. The number of rotatable bonds is 5. The molecule has 3 rings (SSSR count). The first-order valence-electron chi connectivity index (χ1n) is 8.85. The molecule has 1 saturated heterocycles. The van der Waals surface area contributed by atoms with Crippen LogP contribution in [0.25, 0.3) is 0 Å². The van der Waals surface area contributed by atoms with Crippen LogP contribution in [0.3, 0.4) is 0 Å². The third kappa shape index (κ3) is 5.17. The number of halogens is 4. The molecule has 1 atom stereocenters. The van der Waals surface area contributed by atoms with Crippen molar-refractivity contribution in [1.82, 2.24) is 10.2 Å². The molecule has 1 amide bonds. The van der Waals surface area contributed by atoms with E-state index in [4.69, 9.17) is 0 Å². The minimum absolute atomic E-state index is 0. The predicted molar refractivity (Wildman–Crippen MR) is 106 cm³/mol. The van der Waals surface area contributed by atoms with Crippen LogP contribution in [0.5, 0.6) is 0 Å². The van der Waals surface area contributed by atoms with E-state index in [0.29, 0.717) is 35.9 Å². The van der Waals surface area contributed by atoms with Gasteiger partial charge in [0.15, 0.2) is 0 Å². The second-order valence-corrected chi connectivity index (χ2v) is 6.71. The number of para-hydroxylation sites is 1. The smallest absolute Gasteiger partial charge is 0.355 e. The SMILES string of the molecule is CNCC1CCN(C(=O)c2ccccc2Nc2cccc(C(F)(F)F)c2)C1.Cl. The summed E-state index contributed by atoms with van der Waals surface area (Å²) in [5, 5.41) is 6.09. The Hall–Kier alpha value is -2.25. The van der Waals surface area contributed by atoms with Gasteiger partial charge in [0.1, 0.15) is 0 Å². The van der Waals surface area contributed by atoms with Crippen molar-refractivity contribution in [1.29, 1.82) is 0 Å². The van der Waals surface area contributed by atoms with Gasteiger partial charge in [0.25, 0.3) is 5.91 Å². The summed E-state index contributed by atoms with van der Waals surface area (Å²) in [5.41, 5.74) is 0.518. The Labute approximate surface area is 168 Å². The van der Waals surface area contributed by atoms with Crippen molar-refractivity contribution >= 4 is 29.7 Å². The first-order valence-corrected chi connectivity index (χ1v) is 8.85. The molecule has 2 aromatic carbocycles. The van der Waals surface area contributed by atoms with Crippen LogP contribution in [-0.4, -0.2) is 37.5 Å². The van der Waals surface area contributed by atoms with E-state index in [1.807, 2.05) is 7.05 Å². The molecule has 0 spiro atoms. The summed E-state index contributed by atoms with van der Waals surface area (Å²) >= 11 is 0. The van der Waals surface area contributed by atoms with Crippen molar-refractivity contribution in [2.24, 2.45) is 5.92 Å². The standard InChI is InChI=1S/C20H22F3N3O.ClH/c1-24-12-14-9-10-26(13-14)19(27)17-7-2-3-8-18(17)25-16-6-4-5-15(11-16)20(21,22)23;/h2-8,11,14,24-25H,9-10,12-13H2,1H3;1H. The molecule has 0 aromatic heterocycles. The number of nitrogens with one attached hydrogen (secondary N) is 2. The van der Waals surface area contributed by atoms with Gasteiger partial charge in [-0.25, -0.2) is 0 Å². The minimum atomic E-state index is -4.41. The normalized spacial score (nSPS) is 16.6. The molecule has 2 aromatic rings. The Balaban J connectivity index is 0.00000280. The fourth-order valence-electron chi connectivity index (χ4n) is 3.35. The molecule has 152 valence electrons. The van der Waals surface area contributed by atoms with Gasteiger partial charge in [0.2, 0.25) is 0 Å².